The molecule has 9 heavy (non-hydrogen) atoms. The zero-order valence-corrected chi connectivity index (χ0v) is 5.46. The van der Waals surface area contributed by atoms with Crippen LogP contribution in [0.3, 0.4) is 0 Å². The maximum absolute atomic E-state index is 8.06. The van der Waals surface area contributed by atoms with Crippen molar-refractivity contribution in [2.24, 2.45) is 0 Å². The van der Waals surface area contributed by atoms with Crippen LogP contribution < -0.4 is 0 Å². The Morgan fingerprint density at radius 3 is 1.67 bits per heavy atom. The molecule has 2 nitrogen and oxygen atoms in total. The summed E-state index contributed by atoms with van der Waals surface area (Å²) in [5.74, 6) is 0. The van der Waals surface area contributed by atoms with E-state index in [9.17, 15) is 0 Å². The summed E-state index contributed by atoms with van der Waals surface area (Å²) in [5.41, 5.74) is 0. The standard InChI is InChI=1S/C3H8O.C3H6O.Na.H/c1-3(2)4;1-2-3-4;;/h3-4H,1-2H3;2,4H,1,3H2;;. The average Bonchev–Trinajstić information content (AvgIpc) is 1.65. The minimum absolute atomic E-state index is 0. The van der Waals surface area contributed by atoms with E-state index in [1.165, 1.54) is 6.08 Å². The van der Waals surface area contributed by atoms with E-state index in [0.717, 1.165) is 0 Å². The van der Waals surface area contributed by atoms with Gasteiger partial charge in [-0.1, -0.05) is 6.08 Å². The van der Waals surface area contributed by atoms with Gasteiger partial charge in [-0.15, -0.1) is 6.58 Å². The van der Waals surface area contributed by atoms with Crippen molar-refractivity contribution in [2.45, 2.75) is 20.0 Å². The van der Waals surface area contributed by atoms with Crippen LogP contribution in [0.15, 0.2) is 12.7 Å². The van der Waals surface area contributed by atoms with Gasteiger partial charge in [-0.05, 0) is 13.8 Å². The molecule has 0 aliphatic rings. The minimum atomic E-state index is -0.167. The van der Waals surface area contributed by atoms with Crippen LogP contribution in [0.2, 0.25) is 0 Å². The molecule has 0 saturated carbocycles. The Balaban J connectivity index is -0.0000000720. The molecule has 0 radical (unpaired) electrons. The van der Waals surface area contributed by atoms with Gasteiger partial charge < -0.3 is 10.2 Å². The van der Waals surface area contributed by atoms with Gasteiger partial charge in [-0.3, -0.25) is 0 Å². The van der Waals surface area contributed by atoms with Crippen LogP contribution in [-0.2, 0) is 0 Å². The van der Waals surface area contributed by atoms with E-state index in [1.807, 2.05) is 0 Å². The van der Waals surface area contributed by atoms with E-state index < -0.39 is 0 Å². The van der Waals surface area contributed by atoms with Crippen molar-refractivity contribution >= 4 is 29.6 Å². The van der Waals surface area contributed by atoms with Gasteiger partial charge in [0.2, 0.25) is 0 Å². The van der Waals surface area contributed by atoms with Gasteiger partial charge >= 0.3 is 29.6 Å². The molecule has 0 spiro atoms. The molecule has 0 unspecified atom stereocenters. The summed E-state index contributed by atoms with van der Waals surface area (Å²) in [6.07, 6.45) is 1.26. The molecule has 0 rings (SSSR count). The van der Waals surface area contributed by atoms with Gasteiger partial charge in [0.1, 0.15) is 0 Å². The van der Waals surface area contributed by atoms with Gasteiger partial charge in [-0.25, -0.2) is 0 Å². The third-order valence-corrected chi connectivity index (χ3v) is 0.129. The summed E-state index contributed by atoms with van der Waals surface area (Å²) in [6, 6.07) is 0. The Bertz CT molecular complexity index is 43.6. The fraction of sp³-hybridized carbons (Fsp3) is 0.667. The van der Waals surface area contributed by atoms with E-state index in [-0.39, 0.29) is 42.3 Å². The summed E-state index contributed by atoms with van der Waals surface area (Å²) < 4.78 is 0. The molecule has 3 heteroatoms. The zero-order valence-electron chi connectivity index (χ0n) is 5.46. The van der Waals surface area contributed by atoms with Crippen molar-refractivity contribution < 1.29 is 10.2 Å². The Labute approximate surface area is 78.9 Å². The van der Waals surface area contributed by atoms with Crippen molar-refractivity contribution in [1.82, 2.24) is 0 Å². The van der Waals surface area contributed by atoms with Gasteiger partial charge in [-0.2, -0.15) is 0 Å². The third-order valence-electron chi connectivity index (χ3n) is 0.129. The Morgan fingerprint density at radius 2 is 1.67 bits per heavy atom. The molecule has 0 atom stereocenters. The van der Waals surface area contributed by atoms with Crippen LogP contribution in [0.25, 0.3) is 0 Å². The van der Waals surface area contributed by atoms with Gasteiger partial charge in [0.15, 0.2) is 0 Å². The number of rotatable bonds is 1. The Kier molecular flexibility index (Phi) is 28.8. The molecule has 0 bridgehead atoms. The normalized spacial score (nSPS) is 6.78. The van der Waals surface area contributed by atoms with Crippen molar-refractivity contribution in [2.75, 3.05) is 6.61 Å². The fourth-order valence-corrected chi connectivity index (χ4v) is 0. The SMILES string of the molecule is C=CCO.CC(C)O.[NaH]. The molecule has 0 aliphatic heterocycles. The average molecular weight is 142 g/mol. The molecule has 0 fully saturated rings. The number of aliphatic hydroxyl groups excluding tert-OH is 2. The summed E-state index contributed by atoms with van der Waals surface area (Å²) >= 11 is 0. The van der Waals surface area contributed by atoms with Crippen LogP contribution in [0.1, 0.15) is 13.8 Å². The predicted octanol–water partition coefficient (Wildman–Crippen LogP) is -0.0967. The first kappa shape index (κ1) is 16.3. The second-order valence-electron chi connectivity index (χ2n) is 1.56. The second kappa shape index (κ2) is 15.9. The van der Waals surface area contributed by atoms with E-state index in [2.05, 4.69) is 6.58 Å². The van der Waals surface area contributed by atoms with Crippen LogP contribution in [0.4, 0.5) is 0 Å². The second-order valence-corrected chi connectivity index (χ2v) is 1.56. The molecule has 0 saturated heterocycles. The number of hydrogen-bond donors (Lipinski definition) is 2. The fourth-order valence-electron chi connectivity index (χ4n) is 0. The molecule has 0 aromatic carbocycles. The van der Waals surface area contributed by atoms with E-state index in [1.54, 1.807) is 13.8 Å². The topological polar surface area (TPSA) is 40.5 Å². The molecule has 0 aromatic rings. The monoisotopic (exact) mass is 142 g/mol. The first-order valence-corrected chi connectivity index (χ1v) is 2.55. The van der Waals surface area contributed by atoms with Crippen molar-refractivity contribution in [1.29, 1.82) is 0 Å². The van der Waals surface area contributed by atoms with E-state index in [4.69, 9.17) is 10.2 Å². The first-order chi connectivity index (χ1) is 3.65. The van der Waals surface area contributed by atoms with E-state index >= 15 is 0 Å². The molecule has 0 aliphatic carbocycles. The molecular formula is C6H15NaO2. The molecule has 2 N–H and O–H groups in total. The Hall–Kier alpha value is 0.660. The molecule has 52 valence electrons. The van der Waals surface area contributed by atoms with Crippen LogP contribution in [0.5, 0.6) is 0 Å². The number of hydrogen-bond acceptors (Lipinski definition) is 2. The maximum atomic E-state index is 8.06. The Morgan fingerprint density at radius 1 is 1.56 bits per heavy atom. The van der Waals surface area contributed by atoms with Crippen molar-refractivity contribution in [3.8, 4) is 0 Å². The van der Waals surface area contributed by atoms with Crippen molar-refractivity contribution in [3.05, 3.63) is 12.7 Å². The summed E-state index contributed by atoms with van der Waals surface area (Å²) in [6.45, 7) is 6.76. The van der Waals surface area contributed by atoms with Gasteiger partial charge in [0.25, 0.3) is 0 Å². The molecule has 0 aromatic heterocycles. The van der Waals surface area contributed by atoms with E-state index in [0.29, 0.717) is 0 Å². The van der Waals surface area contributed by atoms with Crippen LogP contribution in [-0.4, -0.2) is 52.5 Å². The molecule has 0 amide bonds. The van der Waals surface area contributed by atoms with Crippen molar-refractivity contribution in [3.63, 3.8) is 0 Å². The summed E-state index contributed by atoms with van der Waals surface area (Å²) in [7, 11) is 0. The third kappa shape index (κ3) is 139. The molecular weight excluding hydrogens is 127 g/mol. The first-order valence-electron chi connectivity index (χ1n) is 2.55. The molecule has 0 heterocycles. The van der Waals surface area contributed by atoms with Gasteiger partial charge in [0, 0.05) is 6.10 Å². The zero-order chi connectivity index (χ0) is 6.99. The van der Waals surface area contributed by atoms with Crippen LogP contribution in [0, 0.1) is 0 Å². The number of aliphatic hydroxyl groups is 2. The summed E-state index contributed by atoms with van der Waals surface area (Å²) in [4.78, 5) is 0. The quantitative estimate of drug-likeness (QED) is 0.396. The van der Waals surface area contributed by atoms with Gasteiger partial charge in [0.05, 0.1) is 6.61 Å². The summed E-state index contributed by atoms with van der Waals surface area (Å²) in [5, 5.41) is 15.8. The van der Waals surface area contributed by atoms with Crippen LogP contribution >= 0.6 is 0 Å². The predicted molar refractivity (Wildman–Crippen MR) is 41.8 cm³/mol.